The van der Waals surface area contributed by atoms with E-state index in [1.54, 1.807) is 0 Å². The monoisotopic (exact) mass is 340 g/mol. The van der Waals surface area contributed by atoms with Gasteiger partial charge in [-0.15, -0.1) is 0 Å². The number of nitrogens with zero attached hydrogens (tertiary/aromatic N) is 1. The van der Waals surface area contributed by atoms with Crippen molar-refractivity contribution in [2.75, 3.05) is 23.3 Å². The van der Waals surface area contributed by atoms with Crippen LogP contribution in [-0.4, -0.2) is 19.0 Å². The smallest absolute Gasteiger partial charge is 0.235 e. The number of amides is 1. The molecule has 0 aromatic heterocycles. The number of hydrogen-bond donors (Lipinski definition) is 1. The first-order valence-corrected chi connectivity index (χ1v) is 8.95. The summed E-state index contributed by atoms with van der Waals surface area (Å²) in [5, 5.41) is 3.81. The zero-order valence-electron chi connectivity index (χ0n) is 13.8. The lowest BCUT2D eigenvalue weighted by Gasteiger charge is -2.19. The molecule has 0 saturated heterocycles. The molecule has 4 rings (SSSR count). The van der Waals surface area contributed by atoms with Gasteiger partial charge in [-0.2, -0.15) is 0 Å². The standard InChI is InChI=1S/C20H21ClN2O/c1-2-23-11-8-14-6-7-17(13-18(14)23)22-19(24)20(9-10-20)15-4-3-5-16(21)12-15/h3-7,12-13H,2,8-11H2,1H3,(H,22,24). The summed E-state index contributed by atoms with van der Waals surface area (Å²) in [5.41, 5.74) is 4.11. The summed E-state index contributed by atoms with van der Waals surface area (Å²) in [4.78, 5) is 15.2. The van der Waals surface area contributed by atoms with Crippen molar-refractivity contribution in [3.63, 3.8) is 0 Å². The topological polar surface area (TPSA) is 32.3 Å². The highest BCUT2D eigenvalue weighted by Crippen LogP contribution is 2.49. The number of rotatable bonds is 4. The first-order chi connectivity index (χ1) is 11.6. The van der Waals surface area contributed by atoms with Crippen molar-refractivity contribution in [1.29, 1.82) is 0 Å². The summed E-state index contributed by atoms with van der Waals surface area (Å²) in [6, 6.07) is 13.9. The highest BCUT2D eigenvalue weighted by atomic mass is 35.5. The molecule has 1 aliphatic carbocycles. The third-order valence-corrected chi connectivity index (χ3v) is 5.51. The second kappa shape index (κ2) is 5.82. The van der Waals surface area contributed by atoms with Crippen LogP contribution < -0.4 is 10.2 Å². The summed E-state index contributed by atoms with van der Waals surface area (Å²) in [7, 11) is 0. The van der Waals surface area contributed by atoms with Gasteiger partial charge < -0.3 is 10.2 Å². The van der Waals surface area contributed by atoms with Gasteiger partial charge in [0.05, 0.1) is 5.41 Å². The van der Waals surface area contributed by atoms with E-state index >= 15 is 0 Å². The van der Waals surface area contributed by atoms with Gasteiger partial charge in [-0.3, -0.25) is 4.79 Å². The van der Waals surface area contributed by atoms with E-state index in [4.69, 9.17) is 11.6 Å². The number of fused-ring (bicyclic) bond motifs is 1. The maximum Gasteiger partial charge on any atom is 0.235 e. The molecule has 1 saturated carbocycles. The van der Waals surface area contributed by atoms with E-state index in [-0.39, 0.29) is 5.91 Å². The van der Waals surface area contributed by atoms with E-state index in [2.05, 4.69) is 29.3 Å². The van der Waals surface area contributed by atoms with E-state index in [0.717, 1.165) is 43.6 Å². The van der Waals surface area contributed by atoms with Gasteiger partial charge in [-0.05, 0) is 61.6 Å². The van der Waals surface area contributed by atoms with Crippen LogP contribution in [0.5, 0.6) is 0 Å². The Balaban J connectivity index is 1.57. The molecule has 1 amide bonds. The Morgan fingerprint density at radius 1 is 1.25 bits per heavy atom. The molecule has 0 unspecified atom stereocenters. The van der Waals surface area contributed by atoms with E-state index in [1.807, 2.05) is 30.3 Å². The molecule has 1 heterocycles. The minimum atomic E-state index is -0.408. The molecule has 2 aromatic rings. The van der Waals surface area contributed by atoms with Gasteiger partial charge in [-0.25, -0.2) is 0 Å². The highest BCUT2D eigenvalue weighted by molar-refractivity contribution is 6.30. The molecule has 124 valence electrons. The fraction of sp³-hybridized carbons (Fsp3) is 0.350. The normalized spacial score (nSPS) is 17.5. The molecule has 2 aliphatic rings. The summed E-state index contributed by atoms with van der Waals surface area (Å²) >= 11 is 6.10. The SMILES string of the molecule is CCN1CCc2ccc(NC(=O)C3(c4cccc(Cl)c4)CC3)cc21. The molecule has 0 radical (unpaired) electrons. The largest absolute Gasteiger partial charge is 0.371 e. The molecule has 1 aliphatic heterocycles. The number of carbonyl (C=O) groups excluding carboxylic acids is 1. The van der Waals surface area contributed by atoms with Crippen molar-refractivity contribution < 1.29 is 4.79 Å². The van der Waals surface area contributed by atoms with Crippen LogP contribution >= 0.6 is 11.6 Å². The van der Waals surface area contributed by atoms with Crippen LogP contribution in [0.3, 0.4) is 0 Å². The van der Waals surface area contributed by atoms with Crippen LogP contribution in [0.15, 0.2) is 42.5 Å². The predicted octanol–water partition coefficient (Wildman–Crippen LogP) is 4.39. The van der Waals surface area contributed by atoms with Crippen LogP contribution in [0.2, 0.25) is 5.02 Å². The molecular formula is C20H21ClN2O. The number of hydrogen-bond acceptors (Lipinski definition) is 2. The van der Waals surface area contributed by atoms with Crippen LogP contribution in [0.4, 0.5) is 11.4 Å². The molecule has 0 atom stereocenters. The number of anilines is 2. The first kappa shape index (κ1) is 15.5. The molecular weight excluding hydrogens is 320 g/mol. The Bertz CT molecular complexity index is 798. The summed E-state index contributed by atoms with van der Waals surface area (Å²) in [6.45, 7) is 4.23. The van der Waals surface area contributed by atoms with Gasteiger partial charge in [0.2, 0.25) is 5.91 Å². The lowest BCUT2D eigenvalue weighted by Crippen LogP contribution is -2.28. The summed E-state index contributed by atoms with van der Waals surface area (Å²) in [6.07, 6.45) is 2.85. The zero-order chi connectivity index (χ0) is 16.7. The third kappa shape index (κ3) is 2.57. The molecule has 1 N–H and O–H groups in total. The maximum absolute atomic E-state index is 12.9. The third-order valence-electron chi connectivity index (χ3n) is 5.28. The van der Waals surface area contributed by atoms with Gasteiger partial charge in [-0.1, -0.05) is 29.8 Å². The van der Waals surface area contributed by atoms with Gasteiger partial charge in [0.15, 0.2) is 0 Å². The van der Waals surface area contributed by atoms with Crippen LogP contribution in [0.25, 0.3) is 0 Å². The fourth-order valence-corrected chi connectivity index (χ4v) is 3.85. The average molecular weight is 341 g/mol. The van der Waals surface area contributed by atoms with E-state index in [1.165, 1.54) is 11.3 Å². The summed E-state index contributed by atoms with van der Waals surface area (Å²) in [5.74, 6) is 0.0748. The van der Waals surface area contributed by atoms with E-state index in [0.29, 0.717) is 5.02 Å². The predicted molar refractivity (Wildman–Crippen MR) is 99.0 cm³/mol. The van der Waals surface area contributed by atoms with Gasteiger partial charge in [0.1, 0.15) is 0 Å². The van der Waals surface area contributed by atoms with Crippen molar-refractivity contribution in [3.05, 3.63) is 58.6 Å². The van der Waals surface area contributed by atoms with E-state index in [9.17, 15) is 4.79 Å². The molecule has 0 spiro atoms. The number of carbonyl (C=O) groups is 1. The second-order valence-corrected chi connectivity index (χ2v) is 7.16. The molecule has 3 nitrogen and oxygen atoms in total. The molecule has 24 heavy (non-hydrogen) atoms. The zero-order valence-corrected chi connectivity index (χ0v) is 14.6. The number of halogens is 1. The minimum Gasteiger partial charge on any atom is -0.371 e. The van der Waals surface area contributed by atoms with E-state index < -0.39 is 5.41 Å². The Morgan fingerprint density at radius 2 is 2.08 bits per heavy atom. The Hall–Kier alpha value is -2.00. The molecule has 0 bridgehead atoms. The van der Waals surface area contributed by atoms with Crippen molar-refractivity contribution >= 4 is 28.9 Å². The van der Waals surface area contributed by atoms with Gasteiger partial charge in [0.25, 0.3) is 0 Å². The van der Waals surface area contributed by atoms with Crippen LogP contribution in [0, 0.1) is 0 Å². The van der Waals surface area contributed by atoms with Crippen molar-refractivity contribution in [1.82, 2.24) is 0 Å². The first-order valence-electron chi connectivity index (χ1n) is 8.58. The Kier molecular flexibility index (Phi) is 3.76. The van der Waals surface area contributed by atoms with Crippen molar-refractivity contribution in [3.8, 4) is 0 Å². The molecule has 1 fully saturated rings. The average Bonchev–Trinajstić information content (AvgIpc) is 3.30. The quantitative estimate of drug-likeness (QED) is 0.895. The molecule has 2 aromatic carbocycles. The number of likely N-dealkylation sites (N-methyl/N-ethyl adjacent to an activating group) is 1. The second-order valence-electron chi connectivity index (χ2n) is 6.72. The fourth-order valence-electron chi connectivity index (χ4n) is 3.66. The Morgan fingerprint density at radius 3 is 2.79 bits per heavy atom. The lowest BCUT2D eigenvalue weighted by atomic mass is 9.95. The molecule has 4 heteroatoms. The van der Waals surface area contributed by atoms with Crippen molar-refractivity contribution in [2.45, 2.75) is 31.6 Å². The highest BCUT2D eigenvalue weighted by Gasteiger charge is 2.51. The summed E-state index contributed by atoms with van der Waals surface area (Å²) < 4.78 is 0. The lowest BCUT2D eigenvalue weighted by molar-refractivity contribution is -0.118. The Labute approximate surface area is 147 Å². The van der Waals surface area contributed by atoms with Crippen LogP contribution in [0.1, 0.15) is 30.9 Å². The van der Waals surface area contributed by atoms with Gasteiger partial charge in [0, 0.05) is 29.5 Å². The maximum atomic E-state index is 12.9. The number of benzene rings is 2. The van der Waals surface area contributed by atoms with Gasteiger partial charge >= 0.3 is 0 Å². The number of nitrogens with one attached hydrogen (secondary N) is 1. The van der Waals surface area contributed by atoms with Crippen LogP contribution in [-0.2, 0) is 16.6 Å². The minimum absolute atomic E-state index is 0.0748. The van der Waals surface area contributed by atoms with Crippen molar-refractivity contribution in [2.24, 2.45) is 0 Å².